The molecule has 2 rings (SSSR count). The van der Waals surface area contributed by atoms with Crippen LogP contribution in [0.5, 0.6) is 0 Å². The SMILES string of the molecule is Cc1cc(Br)cc(C)c1NCc1ccc([Si](C)(C)C)cc1. The average Bonchev–Trinajstić information content (AvgIpc) is 2.37. The first-order valence-corrected chi connectivity index (χ1v) is 11.7. The van der Waals surface area contributed by atoms with Gasteiger partial charge in [-0.25, -0.2) is 0 Å². The molecule has 0 heterocycles. The van der Waals surface area contributed by atoms with Gasteiger partial charge in [0.2, 0.25) is 0 Å². The minimum Gasteiger partial charge on any atom is -0.381 e. The van der Waals surface area contributed by atoms with E-state index in [1.807, 2.05) is 0 Å². The molecule has 0 radical (unpaired) electrons. The summed E-state index contributed by atoms with van der Waals surface area (Å²) < 4.78 is 1.14. The largest absolute Gasteiger partial charge is 0.381 e. The van der Waals surface area contributed by atoms with E-state index in [0.29, 0.717) is 0 Å². The van der Waals surface area contributed by atoms with Crippen LogP contribution in [0.25, 0.3) is 0 Å². The third-order valence-corrected chi connectivity index (χ3v) is 6.31. The molecule has 0 unspecified atom stereocenters. The summed E-state index contributed by atoms with van der Waals surface area (Å²) in [5.41, 5.74) is 5.13. The van der Waals surface area contributed by atoms with Gasteiger partial charge in [0.15, 0.2) is 0 Å². The van der Waals surface area contributed by atoms with Crippen LogP contribution in [-0.4, -0.2) is 8.07 Å². The summed E-state index contributed by atoms with van der Waals surface area (Å²) in [7, 11) is -1.19. The first kappa shape index (κ1) is 16.3. The predicted octanol–water partition coefficient (Wildman–Crippen LogP) is 5.22. The molecule has 21 heavy (non-hydrogen) atoms. The Morgan fingerprint density at radius 2 is 1.48 bits per heavy atom. The molecule has 0 spiro atoms. The Hall–Kier alpha value is -1.06. The van der Waals surface area contributed by atoms with Crippen molar-refractivity contribution in [1.29, 1.82) is 0 Å². The van der Waals surface area contributed by atoms with Crippen LogP contribution in [0.2, 0.25) is 19.6 Å². The van der Waals surface area contributed by atoms with E-state index in [-0.39, 0.29) is 0 Å². The molecule has 0 amide bonds. The average molecular weight is 362 g/mol. The van der Waals surface area contributed by atoms with E-state index in [9.17, 15) is 0 Å². The van der Waals surface area contributed by atoms with Gasteiger partial charge in [0.05, 0.1) is 8.07 Å². The van der Waals surface area contributed by atoms with Crippen LogP contribution in [0.3, 0.4) is 0 Å². The maximum absolute atomic E-state index is 3.57. The van der Waals surface area contributed by atoms with E-state index in [1.54, 1.807) is 0 Å². The van der Waals surface area contributed by atoms with Crippen molar-refractivity contribution < 1.29 is 0 Å². The molecule has 0 saturated heterocycles. The molecule has 1 N–H and O–H groups in total. The van der Waals surface area contributed by atoms with Gasteiger partial charge in [-0.2, -0.15) is 0 Å². The Morgan fingerprint density at radius 3 is 1.95 bits per heavy atom. The predicted molar refractivity (Wildman–Crippen MR) is 100 cm³/mol. The number of aryl methyl sites for hydroxylation is 2. The van der Waals surface area contributed by atoms with Crippen molar-refractivity contribution in [3.8, 4) is 0 Å². The fourth-order valence-corrected chi connectivity index (χ4v) is 4.36. The number of halogens is 1. The molecule has 0 fully saturated rings. The van der Waals surface area contributed by atoms with Crippen molar-refractivity contribution in [2.75, 3.05) is 5.32 Å². The van der Waals surface area contributed by atoms with E-state index in [4.69, 9.17) is 0 Å². The monoisotopic (exact) mass is 361 g/mol. The zero-order valence-corrected chi connectivity index (χ0v) is 16.1. The highest BCUT2D eigenvalue weighted by Crippen LogP contribution is 2.25. The molecule has 0 aliphatic carbocycles. The van der Waals surface area contributed by atoms with E-state index >= 15 is 0 Å². The first-order valence-electron chi connectivity index (χ1n) is 7.37. The summed E-state index contributed by atoms with van der Waals surface area (Å²) in [6, 6.07) is 13.4. The van der Waals surface area contributed by atoms with Crippen LogP contribution in [0.4, 0.5) is 5.69 Å². The van der Waals surface area contributed by atoms with Gasteiger partial charge in [-0.15, -0.1) is 0 Å². The van der Waals surface area contributed by atoms with Gasteiger partial charge in [0.1, 0.15) is 0 Å². The van der Waals surface area contributed by atoms with Crippen LogP contribution in [0.15, 0.2) is 40.9 Å². The molecule has 2 aromatic rings. The Kier molecular flexibility index (Phi) is 4.94. The van der Waals surface area contributed by atoms with Gasteiger partial charge in [0, 0.05) is 16.7 Å². The van der Waals surface area contributed by atoms with Crippen LogP contribution >= 0.6 is 15.9 Å². The third-order valence-electron chi connectivity index (χ3n) is 3.79. The number of rotatable bonds is 4. The maximum Gasteiger partial charge on any atom is 0.0775 e. The molecule has 1 nitrogen and oxygen atoms in total. The second kappa shape index (κ2) is 6.37. The Balaban J connectivity index is 2.10. The van der Waals surface area contributed by atoms with Crippen molar-refractivity contribution in [3.63, 3.8) is 0 Å². The minimum atomic E-state index is -1.19. The molecule has 112 valence electrons. The number of hydrogen-bond acceptors (Lipinski definition) is 1. The summed E-state index contributed by atoms with van der Waals surface area (Å²) >= 11 is 3.55. The van der Waals surface area contributed by atoms with Crippen molar-refractivity contribution in [2.45, 2.75) is 40.0 Å². The molecule has 0 atom stereocenters. The smallest absolute Gasteiger partial charge is 0.0775 e. The van der Waals surface area contributed by atoms with Crippen LogP contribution < -0.4 is 10.5 Å². The van der Waals surface area contributed by atoms with Crippen LogP contribution in [-0.2, 0) is 6.54 Å². The molecule has 3 heteroatoms. The number of benzene rings is 2. The highest BCUT2D eigenvalue weighted by molar-refractivity contribution is 9.10. The van der Waals surface area contributed by atoms with Crippen LogP contribution in [0.1, 0.15) is 16.7 Å². The normalized spacial score (nSPS) is 11.5. The molecule has 2 aromatic carbocycles. The Morgan fingerprint density at radius 1 is 0.952 bits per heavy atom. The summed E-state index contributed by atoms with van der Waals surface area (Å²) in [5.74, 6) is 0. The lowest BCUT2D eigenvalue weighted by Gasteiger charge is -2.17. The van der Waals surface area contributed by atoms with E-state index in [2.05, 4.69) is 91.1 Å². The van der Waals surface area contributed by atoms with Gasteiger partial charge < -0.3 is 5.32 Å². The highest BCUT2D eigenvalue weighted by Gasteiger charge is 2.15. The van der Waals surface area contributed by atoms with Crippen molar-refractivity contribution in [2.24, 2.45) is 0 Å². The van der Waals surface area contributed by atoms with Gasteiger partial charge in [0.25, 0.3) is 0 Å². The molecule has 0 aromatic heterocycles. The van der Waals surface area contributed by atoms with Gasteiger partial charge in [-0.3, -0.25) is 0 Å². The fourth-order valence-electron chi connectivity index (χ4n) is 2.50. The molecule has 0 aliphatic heterocycles. The standard InChI is InChI=1S/C18H24BrNSi/c1-13-10-16(19)11-14(2)18(13)20-12-15-6-8-17(9-7-15)21(3,4)5/h6-11,20H,12H2,1-5H3. The maximum atomic E-state index is 3.57. The lowest BCUT2D eigenvalue weighted by Crippen LogP contribution is -2.37. The summed E-state index contributed by atoms with van der Waals surface area (Å²) in [6.07, 6.45) is 0. The second-order valence-electron chi connectivity index (χ2n) is 6.72. The molecule has 0 aliphatic rings. The van der Waals surface area contributed by atoms with Gasteiger partial charge in [-0.05, 0) is 42.7 Å². The van der Waals surface area contributed by atoms with Crippen molar-refractivity contribution in [1.82, 2.24) is 0 Å². The molecular weight excluding hydrogens is 338 g/mol. The van der Waals surface area contributed by atoms with E-state index < -0.39 is 8.07 Å². The van der Waals surface area contributed by atoms with Gasteiger partial charge >= 0.3 is 0 Å². The first-order chi connectivity index (χ1) is 9.77. The van der Waals surface area contributed by atoms with E-state index in [1.165, 1.54) is 27.6 Å². The van der Waals surface area contributed by atoms with Crippen molar-refractivity contribution in [3.05, 3.63) is 57.6 Å². The minimum absolute atomic E-state index is 0.870. The second-order valence-corrected chi connectivity index (χ2v) is 12.7. The topological polar surface area (TPSA) is 12.0 Å². The van der Waals surface area contributed by atoms with E-state index in [0.717, 1.165) is 11.0 Å². The van der Waals surface area contributed by atoms with Gasteiger partial charge in [-0.1, -0.05) is 65.0 Å². The number of anilines is 1. The molecule has 0 saturated carbocycles. The van der Waals surface area contributed by atoms with Crippen LogP contribution in [0, 0.1) is 13.8 Å². The Bertz CT molecular complexity index is 604. The van der Waals surface area contributed by atoms with Crippen molar-refractivity contribution >= 4 is 34.9 Å². The summed E-state index contributed by atoms with van der Waals surface area (Å²) in [5, 5.41) is 5.09. The number of hydrogen-bond donors (Lipinski definition) is 1. The Labute approximate surface area is 137 Å². The molecular formula is C18H24BrNSi. The lowest BCUT2D eigenvalue weighted by molar-refractivity contribution is 1.13. The summed E-state index contributed by atoms with van der Waals surface area (Å²) in [6.45, 7) is 12.3. The lowest BCUT2D eigenvalue weighted by atomic mass is 10.1. The fraction of sp³-hybridized carbons (Fsp3) is 0.333. The molecule has 0 bridgehead atoms. The third kappa shape index (κ3) is 4.21. The quantitative estimate of drug-likeness (QED) is 0.735. The zero-order chi connectivity index (χ0) is 15.6. The zero-order valence-electron chi connectivity index (χ0n) is 13.5. The number of nitrogens with one attached hydrogen (secondary N) is 1. The summed E-state index contributed by atoms with van der Waals surface area (Å²) in [4.78, 5) is 0. The highest BCUT2D eigenvalue weighted by atomic mass is 79.9.